The minimum Gasteiger partial charge on any atom is -0.366 e. The number of nitrogens with zero attached hydrogens (tertiary/aromatic N) is 2. The molecule has 88 valence electrons. The third-order valence-electron chi connectivity index (χ3n) is 1.84. The zero-order chi connectivity index (χ0) is 12.4. The summed E-state index contributed by atoms with van der Waals surface area (Å²) in [5.41, 5.74) is 5.74. The van der Waals surface area contributed by atoms with Crippen molar-refractivity contribution in [3.63, 3.8) is 0 Å². The van der Waals surface area contributed by atoms with Crippen LogP contribution in [-0.2, 0) is 0 Å². The number of anilines is 2. The summed E-state index contributed by atoms with van der Waals surface area (Å²) in [5.74, 6) is -0.467. The van der Waals surface area contributed by atoms with E-state index < -0.39 is 5.91 Å². The van der Waals surface area contributed by atoms with Crippen LogP contribution in [0.25, 0.3) is 0 Å². The first-order chi connectivity index (χ1) is 8.04. The minimum atomic E-state index is -0.479. The van der Waals surface area contributed by atoms with E-state index in [2.05, 4.69) is 20.5 Å². The molecule has 0 aliphatic carbocycles. The first kappa shape index (κ1) is 11.7. The Morgan fingerprint density at radius 3 is 2.47 bits per heavy atom. The van der Waals surface area contributed by atoms with E-state index in [9.17, 15) is 4.79 Å². The SMILES string of the molecule is Nc1n[nH]c(C(=O)Nc2cc(Cl)cc(Cl)c2)n1. The molecular weight excluding hydrogens is 265 g/mol. The largest absolute Gasteiger partial charge is 0.366 e. The second kappa shape index (κ2) is 4.60. The van der Waals surface area contributed by atoms with Crippen molar-refractivity contribution in [3.05, 3.63) is 34.1 Å². The highest BCUT2D eigenvalue weighted by Gasteiger charge is 2.11. The quantitative estimate of drug-likeness (QED) is 0.778. The number of benzene rings is 1. The van der Waals surface area contributed by atoms with Gasteiger partial charge in [0, 0.05) is 15.7 Å². The van der Waals surface area contributed by atoms with E-state index in [4.69, 9.17) is 28.9 Å². The molecule has 0 fully saturated rings. The predicted octanol–water partition coefficient (Wildman–Crippen LogP) is 1.95. The van der Waals surface area contributed by atoms with Gasteiger partial charge >= 0.3 is 0 Å². The molecule has 1 amide bonds. The molecule has 0 radical (unpaired) electrons. The Morgan fingerprint density at radius 2 is 1.94 bits per heavy atom. The Morgan fingerprint density at radius 1 is 1.29 bits per heavy atom. The number of halogens is 2. The molecular formula is C9H7Cl2N5O. The van der Waals surface area contributed by atoms with Gasteiger partial charge in [0.1, 0.15) is 0 Å². The molecule has 1 aromatic carbocycles. The summed E-state index contributed by atoms with van der Waals surface area (Å²) in [7, 11) is 0. The van der Waals surface area contributed by atoms with Crippen molar-refractivity contribution in [1.82, 2.24) is 15.2 Å². The number of hydrogen-bond acceptors (Lipinski definition) is 4. The molecule has 1 aromatic heterocycles. The van der Waals surface area contributed by atoms with Gasteiger partial charge in [0.15, 0.2) is 0 Å². The Labute approximate surface area is 106 Å². The maximum absolute atomic E-state index is 11.7. The molecule has 0 unspecified atom stereocenters. The molecule has 0 saturated carbocycles. The van der Waals surface area contributed by atoms with Crippen molar-refractivity contribution in [1.29, 1.82) is 0 Å². The molecule has 2 rings (SSSR count). The number of nitrogens with one attached hydrogen (secondary N) is 2. The normalized spacial score (nSPS) is 10.2. The Kier molecular flexibility index (Phi) is 3.16. The van der Waals surface area contributed by atoms with Gasteiger partial charge in [0.25, 0.3) is 5.91 Å². The van der Waals surface area contributed by atoms with Gasteiger partial charge in [-0.1, -0.05) is 23.2 Å². The van der Waals surface area contributed by atoms with E-state index in [1.165, 1.54) is 0 Å². The fourth-order valence-corrected chi connectivity index (χ4v) is 1.72. The van der Waals surface area contributed by atoms with E-state index in [0.29, 0.717) is 15.7 Å². The molecule has 0 spiro atoms. The number of H-pyrrole nitrogens is 1. The maximum atomic E-state index is 11.7. The summed E-state index contributed by atoms with van der Waals surface area (Å²) >= 11 is 11.6. The summed E-state index contributed by atoms with van der Waals surface area (Å²) in [5, 5.41) is 9.33. The zero-order valence-corrected chi connectivity index (χ0v) is 9.88. The van der Waals surface area contributed by atoms with E-state index in [-0.39, 0.29) is 11.8 Å². The Hall–Kier alpha value is -1.79. The molecule has 6 nitrogen and oxygen atoms in total. The highest BCUT2D eigenvalue weighted by molar-refractivity contribution is 6.35. The summed E-state index contributed by atoms with van der Waals surface area (Å²) in [4.78, 5) is 15.3. The molecule has 0 aliphatic heterocycles. The zero-order valence-electron chi connectivity index (χ0n) is 8.37. The summed E-state index contributed by atoms with van der Waals surface area (Å²) < 4.78 is 0. The molecule has 8 heteroatoms. The van der Waals surface area contributed by atoms with Crippen LogP contribution in [0, 0.1) is 0 Å². The van der Waals surface area contributed by atoms with Crippen molar-refractivity contribution in [3.8, 4) is 0 Å². The van der Waals surface area contributed by atoms with Gasteiger partial charge in [0.05, 0.1) is 0 Å². The number of aromatic nitrogens is 3. The van der Waals surface area contributed by atoms with Gasteiger partial charge in [-0.3, -0.25) is 9.89 Å². The number of nitrogens with two attached hydrogens (primary N) is 1. The van der Waals surface area contributed by atoms with Crippen molar-refractivity contribution in [2.45, 2.75) is 0 Å². The first-order valence-corrected chi connectivity index (χ1v) is 5.25. The number of carbonyl (C=O) groups is 1. The van der Waals surface area contributed by atoms with Crippen molar-refractivity contribution >= 4 is 40.7 Å². The lowest BCUT2D eigenvalue weighted by atomic mass is 10.3. The van der Waals surface area contributed by atoms with Gasteiger partial charge in [-0.15, -0.1) is 5.10 Å². The summed E-state index contributed by atoms with van der Waals surface area (Å²) in [6.07, 6.45) is 0. The maximum Gasteiger partial charge on any atom is 0.293 e. The van der Waals surface area contributed by atoms with Crippen LogP contribution in [0.15, 0.2) is 18.2 Å². The van der Waals surface area contributed by atoms with E-state index >= 15 is 0 Å². The number of amides is 1. The van der Waals surface area contributed by atoms with E-state index in [1.54, 1.807) is 18.2 Å². The fourth-order valence-electron chi connectivity index (χ4n) is 1.19. The number of nitrogen functional groups attached to an aromatic ring is 1. The second-order valence-corrected chi connectivity index (χ2v) is 4.03. The van der Waals surface area contributed by atoms with Crippen LogP contribution in [0.3, 0.4) is 0 Å². The van der Waals surface area contributed by atoms with Crippen molar-refractivity contribution < 1.29 is 4.79 Å². The molecule has 2 aromatic rings. The lowest BCUT2D eigenvalue weighted by Gasteiger charge is -2.03. The third kappa shape index (κ3) is 2.86. The second-order valence-electron chi connectivity index (χ2n) is 3.15. The molecule has 0 atom stereocenters. The number of rotatable bonds is 2. The van der Waals surface area contributed by atoms with Crippen LogP contribution in [0.1, 0.15) is 10.6 Å². The smallest absolute Gasteiger partial charge is 0.293 e. The molecule has 0 saturated heterocycles. The van der Waals surface area contributed by atoms with Gasteiger partial charge in [-0.25, -0.2) is 0 Å². The third-order valence-corrected chi connectivity index (χ3v) is 2.27. The van der Waals surface area contributed by atoms with E-state index in [0.717, 1.165) is 0 Å². The lowest BCUT2D eigenvalue weighted by Crippen LogP contribution is -2.13. The molecule has 17 heavy (non-hydrogen) atoms. The highest BCUT2D eigenvalue weighted by atomic mass is 35.5. The van der Waals surface area contributed by atoms with E-state index in [1.807, 2.05) is 0 Å². The lowest BCUT2D eigenvalue weighted by molar-refractivity contribution is 0.101. The van der Waals surface area contributed by atoms with Gasteiger partial charge in [-0.05, 0) is 18.2 Å². The first-order valence-electron chi connectivity index (χ1n) is 4.50. The van der Waals surface area contributed by atoms with Crippen molar-refractivity contribution in [2.75, 3.05) is 11.1 Å². The van der Waals surface area contributed by atoms with Crippen LogP contribution >= 0.6 is 23.2 Å². The molecule has 0 bridgehead atoms. The van der Waals surface area contributed by atoms with Gasteiger partial charge in [-0.2, -0.15) is 4.98 Å². The number of carbonyl (C=O) groups excluding carboxylic acids is 1. The predicted molar refractivity (Wildman–Crippen MR) is 65.2 cm³/mol. The average molecular weight is 272 g/mol. The van der Waals surface area contributed by atoms with Crippen LogP contribution in [0.5, 0.6) is 0 Å². The fraction of sp³-hybridized carbons (Fsp3) is 0. The Balaban J connectivity index is 2.18. The minimum absolute atomic E-state index is 0.000670. The van der Waals surface area contributed by atoms with Crippen LogP contribution in [0.2, 0.25) is 10.0 Å². The van der Waals surface area contributed by atoms with Crippen LogP contribution < -0.4 is 11.1 Å². The average Bonchev–Trinajstić information content (AvgIpc) is 2.63. The van der Waals surface area contributed by atoms with Crippen molar-refractivity contribution in [2.24, 2.45) is 0 Å². The topological polar surface area (TPSA) is 96.7 Å². The van der Waals surface area contributed by atoms with Crippen LogP contribution in [0.4, 0.5) is 11.6 Å². The summed E-state index contributed by atoms with van der Waals surface area (Å²) in [6.45, 7) is 0. The molecule has 1 heterocycles. The number of aromatic amines is 1. The van der Waals surface area contributed by atoms with Crippen LogP contribution in [-0.4, -0.2) is 21.1 Å². The standard InChI is InChI=1S/C9H7Cl2N5O/c10-4-1-5(11)3-6(2-4)13-8(17)7-14-9(12)16-15-7/h1-3H,(H,13,17)(H3,12,14,15,16). The Bertz CT molecular complexity index is 548. The monoisotopic (exact) mass is 271 g/mol. The van der Waals surface area contributed by atoms with Gasteiger partial charge in [0.2, 0.25) is 11.8 Å². The number of hydrogen-bond donors (Lipinski definition) is 3. The molecule has 4 N–H and O–H groups in total. The highest BCUT2D eigenvalue weighted by Crippen LogP contribution is 2.22. The van der Waals surface area contributed by atoms with Gasteiger partial charge < -0.3 is 11.1 Å². The summed E-state index contributed by atoms with van der Waals surface area (Å²) in [6, 6.07) is 4.68. The molecule has 0 aliphatic rings.